The van der Waals surface area contributed by atoms with Gasteiger partial charge < -0.3 is 16.0 Å². The Morgan fingerprint density at radius 1 is 1.15 bits per heavy atom. The standard InChI is InChI=1S/C25H29ClF3N3O2/c1-32(2)19(12-17-8-9-18(23(30)34)13-21(17)26)15-31-22(33)14-20(16-6-4-3-5-7-16)24(10-11-24)25(27,28)29/h3-9,13,19-20H,10-12,14-15H2,1-2H3,(H2,30,34)(H,31,33)/t19-,20-/m0/s1. The molecule has 0 radical (unpaired) electrons. The van der Waals surface area contributed by atoms with Gasteiger partial charge in [-0.3, -0.25) is 9.59 Å². The van der Waals surface area contributed by atoms with Gasteiger partial charge >= 0.3 is 6.18 Å². The highest BCUT2D eigenvalue weighted by atomic mass is 35.5. The van der Waals surface area contributed by atoms with Crippen molar-refractivity contribution in [1.29, 1.82) is 0 Å². The van der Waals surface area contributed by atoms with Gasteiger partial charge in [0.1, 0.15) is 0 Å². The third-order valence-electron chi connectivity index (χ3n) is 6.67. The number of rotatable bonds is 10. The number of benzene rings is 2. The molecule has 5 nitrogen and oxygen atoms in total. The summed E-state index contributed by atoms with van der Waals surface area (Å²) in [5.74, 6) is -1.93. The van der Waals surface area contributed by atoms with Gasteiger partial charge in [-0.15, -0.1) is 0 Å². The number of nitrogens with zero attached hydrogens (tertiary/aromatic N) is 1. The second-order valence-electron chi connectivity index (χ2n) is 9.12. The maximum atomic E-state index is 13.9. The Hall–Kier alpha value is -2.58. The average molecular weight is 496 g/mol. The van der Waals surface area contributed by atoms with Crippen LogP contribution in [0.15, 0.2) is 48.5 Å². The molecule has 2 atom stereocenters. The lowest BCUT2D eigenvalue weighted by Gasteiger charge is -2.30. The predicted molar refractivity (Wildman–Crippen MR) is 126 cm³/mol. The van der Waals surface area contributed by atoms with Gasteiger partial charge in [0.2, 0.25) is 11.8 Å². The van der Waals surface area contributed by atoms with E-state index < -0.39 is 29.3 Å². The van der Waals surface area contributed by atoms with Crippen LogP contribution in [0.3, 0.4) is 0 Å². The zero-order valence-corrected chi connectivity index (χ0v) is 19.9. The smallest absolute Gasteiger partial charge is 0.366 e. The first-order valence-corrected chi connectivity index (χ1v) is 11.5. The molecule has 1 aliphatic rings. The number of likely N-dealkylation sites (N-methyl/N-ethyl adjacent to an activating group) is 1. The lowest BCUT2D eigenvalue weighted by Crippen LogP contribution is -2.42. The maximum Gasteiger partial charge on any atom is 0.395 e. The van der Waals surface area contributed by atoms with Crippen molar-refractivity contribution in [3.05, 3.63) is 70.2 Å². The van der Waals surface area contributed by atoms with Gasteiger partial charge in [0.15, 0.2) is 0 Å². The summed E-state index contributed by atoms with van der Waals surface area (Å²) in [6, 6.07) is 13.1. The summed E-state index contributed by atoms with van der Waals surface area (Å²) in [5, 5.41) is 3.21. The maximum absolute atomic E-state index is 13.9. The molecule has 0 aromatic heterocycles. The van der Waals surface area contributed by atoms with Crippen LogP contribution in [-0.4, -0.2) is 49.6 Å². The van der Waals surface area contributed by atoms with E-state index in [1.807, 2.05) is 19.0 Å². The number of amides is 2. The van der Waals surface area contributed by atoms with Crippen LogP contribution in [0.25, 0.3) is 0 Å². The number of alkyl halides is 3. The first kappa shape index (κ1) is 26.0. The second-order valence-corrected chi connectivity index (χ2v) is 9.52. The number of carbonyl (C=O) groups is 2. The summed E-state index contributed by atoms with van der Waals surface area (Å²) in [6.45, 7) is 0.236. The first-order chi connectivity index (χ1) is 15.9. The van der Waals surface area contributed by atoms with Gasteiger partial charge in [-0.05, 0) is 56.6 Å². The highest BCUT2D eigenvalue weighted by Crippen LogP contribution is 2.66. The number of primary amides is 1. The largest absolute Gasteiger partial charge is 0.395 e. The van der Waals surface area contributed by atoms with Crippen LogP contribution in [0.5, 0.6) is 0 Å². The highest BCUT2D eigenvalue weighted by Gasteiger charge is 2.67. The molecule has 2 amide bonds. The van der Waals surface area contributed by atoms with Crippen LogP contribution < -0.4 is 11.1 Å². The van der Waals surface area contributed by atoms with Crippen molar-refractivity contribution in [3.8, 4) is 0 Å². The summed E-state index contributed by atoms with van der Waals surface area (Å²) in [5.41, 5.74) is 5.04. The molecular weight excluding hydrogens is 467 g/mol. The van der Waals surface area contributed by atoms with Crippen molar-refractivity contribution in [3.63, 3.8) is 0 Å². The first-order valence-electron chi connectivity index (χ1n) is 11.1. The number of halogens is 4. The molecule has 34 heavy (non-hydrogen) atoms. The van der Waals surface area contributed by atoms with Gasteiger partial charge in [-0.1, -0.05) is 48.0 Å². The molecule has 0 heterocycles. The molecule has 3 N–H and O–H groups in total. The minimum absolute atomic E-state index is 0.0312. The van der Waals surface area contributed by atoms with E-state index in [2.05, 4.69) is 5.32 Å². The Morgan fingerprint density at radius 2 is 1.79 bits per heavy atom. The topological polar surface area (TPSA) is 75.4 Å². The predicted octanol–water partition coefficient (Wildman–Crippen LogP) is 4.54. The van der Waals surface area contributed by atoms with Crippen molar-refractivity contribution in [1.82, 2.24) is 10.2 Å². The number of carbonyl (C=O) groups excluding carboxylic acids is 2. The lowest BCUT2D eigenvalue weighted by atomic mass is 9.80. The molecule has 0 aliphatic heterocycles. The molecule has 2 aromatic rings. The minimum Gasteiger partial charge on any atom is -0.366 e. The molecule has 0 bridgehead atoms. The van der Waals surface area contributed by atoms with E-state index in [0.717, 1.165) is 5.56 Å². The Balaban J connectivity index is 1.69. The normalized spacial score (nSPS) is 16.7. The van der Waals surface area contributed by atoms with E-state index in [9.17, 15) is 22.8 Å². The van der Waals surface area contributed by atoms with Gasteiger partial charge in [0, 0.05) is 35.5 Å². The third kappa shape index (κ3) is 5.91. The van der Waals surface area contributed by atoms with Gasteiger partial charge in [0.25, 0.3) is 0 Å². The van der Waals surface area contributed by atoms with Gasteiger partial charge in [0.05, 0.1) is 5.41 Å². The van der Waals surface area contributed by atoms with E-state index in [1.165, 1.54) is 6.07 Å². The Morgan fingerprint density at radius 3 is 2.29 bits per heavy atom. The van der Waals surface area contributed by atoms with Crippen LogP contribution in [0.1, 0.15) is 46.7 Å². The Kier molecular flexibility index (Phi) is 7.93. The van der Waals surface area contributed by atoms with E-state index in [0.29, 0.717) is 22.6 Å². The molecule has 9 heteroatoms. The van der Waals surface area contributed by atoms with E-state index in [4.69, 9.17) is 17.3 Å². The molecule has 2 aromatic carbocycles. The molecule has 1 saturated carbocycles. The quantitative estimate of drug-likeness (QED) is 0.508. The summed E-state index contributed by atoms with van der Waals surface area (Å²) in [4.78, 5) is 26.1. The van der Waals surface area contributed by atoms with E-state index in [-0.39, 0.29) is 31.8 Å². The van der Waals surface area contributed by atoms with Crippen LogP contribution >= 0.6 is 11.6 Å². The number of hydrogen-bond donors (Lipinski definition) is 2. The zero-order valence-electron chi connectivity index (χ0n) is 19.2. The monoisotopic (exact) mass is 495 g/mol. The van der Waals surface area contributed by atoms with Crippen LogP contribution in [0.4, 0.5) is 13.2 Å². The molecule has 1 fully saturated rings. The third-order valence-corrected chi connectivity index (χ3v) is 7.02. The molecule has 3 rings (SSSR count). The summed E-state index contributed by atoms with van der Waals surface area (Å²) < 4.78 is 41.6. The molecule has 0 saturated heterocycles. The van der Waals surface area contributed by atoms with Crippen molar-refractivity contribution >= 4 is 23.4 Å². The van der Waals surface area contributed by atoms with E-state index >= 15 is 0 Å². The number of nitrogens with two attached hydrogens (primary N) is 1. The second kappa shape index (κ2) is 10.4. The molecule has 0 unspecified atom stereocenters. The lowest BCUT2D eigenvalue weighted by molar-refractivity contribution is -0.194. The van der Waals surface area contributed by atoms with Crippen LogP contribution in [0.2, 0.25) is 5.02 Å². The SMILES string of the molecule is CN(C)[C@H](CNC(=O)C[C@@H](c1ccccc1)C1(C(F)(F)F)CC1)Cc1ccc(C(N)=O)cc1Cl. The van der Waals surface area contributed by atoms with Crippen molar-refractivity contribution < 1.29 is 22.8 Å². The molecule has 0 spiro atoms. The Bertz CT molecular complexity index is 1020. The van der Waals surface area contributed by atoms with Crippen LogP contribution in [0, 0.1) is 5.41 Å². The highest BCUT2D eigenvalue weighted by molar-refractivity contribution is 6.31. The summed E-state index contributed by atoms with van der Waals surface area (Å²) in [6.07, 6.45) is -4.07. The minimum atomic E-state index is -4.37. The van der Waals surface area contributed by atoms with Crippen molar-refractivity contribution in [2.45, 2.75) is 43.8 Å². The van der Waals surface area contributed by atoms with Crippen molar-refractivity contribution in [2.75, 3.05) is 20.6 Å². The van der Waals surface area contributed by atoms with Crippen molar-refractivity contribution in [2.24, 2.45) is 11.1 Å². The fraction of sp³-hybridized carbons (Fsp3) is 0.440. The molecule has 184 valence electrons. The van der Waals surface area contributed by atoms with Gasteiger partial charge in [-0.25, -0.2) is 0 Å². The number of nitrogens with one attached hydrogen (secondary N) is 1. The molecule has 1 aliphatic carbocycles. The van der Waals surface area contributed by atoms with Crippen LogP contribution in [-0.2, 0) is 11.2 Å². The van der Waals surface area contributed by atoms with Gasteiger partial charge in [-0.2, -0.15) is 13.2 Å². The average Bonchev–Trinajstić information content (AvgIpc) is 3.58. The zero-order chi connectivity index (χ0) is 25.1. The summed E-state index contributed by atoms with van der Waals surface area (Å²) in [7, 11) is 3.69. The fourth-order valence-electron chi connectivity index (χ4n) is 4.33. The summed E-state index contributed by atoms with van der Waals surface area (Å²) >= 11 is 6.30. The molecular formula is C25H29ClF3N3O2. The van der Waals surface area contributed by atoms with E-state index in [1.54, 1.807) is 42.5 Å². The Labute approximate surface area is 202 Å². The fourth-order valence-corrected chi connectivity index (χ4v) is 4.59. The number of hydrogen-bond acceptors (Lipinski definition) is 3.